The van der Waals surface area contributed by atoms with Gasteiger partial charge in [-0.25, -0.2) is 0 Å². The molecule has 2 aromatic rings. The van der Waals surface area contributed by atoms with E-state index in [0.29, 0.717) is 6.04 Å². The Labute approximate surface area is 123 Å². The Morgan fingerprint density at radius 1 is 1.20 bits per heavy atom. The number of rotatable bonds is 6. The molecule has 0 saturated carbocycles. The molecule has 2 atom stereocenters. The molecule has 0 spiro atoms. The Kier molecular flexibility index (Phi) is 5.16. The third kappa shape index (κ3) is 3.83. The molecule has 0 aliphatic heterocycles. The smallest absolute Gasteiger partial charge is 0.174 e. The summed E-state index contributed by atoms with van der Waals surface area (Å²) in [4.78, 5) is 1.34. The SMILES string of the molecule is CC(NC(C)c1cccs1)c1ccc(OCC#N)cc1. The molecule has 104 valence electrons. The van der Waals surface area contributed by atoms with Crippen LogP contribution in [0.4, 0.5) is 0 Å². The van der Waals surface area contributed by atoms with Gasteiger partial charge in [-0.05, 0) is 43.0 Å². The minimum Gasteiger partial charge on any atom is -0.479 e. The summed E-state index contributed by atoms with van der Waals surface area (Å²) in [6.07, 6.45) is 0. The van der Waals surface area contributed by atoms with Crippen molar-refractivity contribution in [2.75, 3.05) is 6.61 Å². The van der Waals surface area contributed by atoms with Crippen LogP contribution in [0.2, 0.25) is 0 Å². The number of ether oxygens (including phenoxy) is 1. The molecule has 0 aliphatic carbocycles. The van der Waals surface area contributed by atoms with Gasteiger partial charge in [-0.1, -0.05) is 18.2 Å². The normalized spacial score (nSPS) is 13.4. The molecule has 0 aliphatic rings. The average Bonchev–Trinajstić information content (AvgIpc) is 3.00. The van der Waals surface area contributed by atoms with Crippen molar-refractivity contribution in [3.8, 4) is 11.8 Å². The minimum atomic E-state index is 0.0859. The summed E-state index contributed by atoms with van der Waals surface area (Å²) in [6, 6.07) is 14.6. The number of nitriles is 1. The monoisotopic (exact) mass is 286 g/mol. The van der Waals surface area contributed by atoms with E-state index in [1.54, 1.807) is 11.3 Å². The van der Waals surface area contributed by atoms with E-state index in [0.717, 1.165) is 5.75 Å². The van der Waals surface area contributed by atoms with Crippen LogP contribution in [-0.2, 0) is 0 Å². The van der Waals surface area contributed by atoms with Crippen molar-refractivity contribution in [1.29, 1.82) is 5.26 Å². The molecule has 0 amide bonds. The van der Waals surface area contributed by atoms with Gasteiger partial charge >= 0.3 is 0 Å². The van der Waals surface area contributed by atoms with Crippen molar-refractivity contribution in [1.82, 2.24) is 5.32 Å². The second-order valence-electron chi connectivity index (χ2n) is 4.64. The fourth-order valence-corrected chi connectivity index (χ4v) is 2.80. The summed E-state index contributed by atoms with van der Waals surface area (Å²) in [6.45, 7) is 4.41. The van der Waals surface area contributed by atoms with Crippen molar-refractivity contribution < 1.29 is 4.74 Å². The van der Waals surface area contributed by atoms with Crippen LogP contribution in [0.5, 0.6) is 5.75 Å². The molecule has 4 heteroatoms. The summed E-state index contributed by atoms with van der Waals surface area (Å²) < 4.78 is 5.25. The van der Waals surface area contributed by atoms with Crippen LogP contribution in [-0.4, -0.2) is 6.61 Å². The first-order valence-corrected chi connectivity index (χ1v) is 7.48. The summed E-state index contributed by atoms with van der Waals surface area (Å²) in [5.74, 6) is 0.730. The molecular formula is C16H18N2OS. The second kappa shape index (κ2) is 7.09. The Balaban J connectivity index is 1.95. The molecule has 0 saturated heterocycles. The van der Waals surface area contributed by atoms with Crippen LogP contribution in [0.15, 0.2) is 41.8 Å². The lowest BCUT2D eigenvalue weighted by Crippen LogP contribution is -2.21. The molecular weight excluding hydrogens is 268 g/mol. The van der Waals surface area contributed by atoms with Gasteiger partial charge in [-0.2, -0.15) is 5.26 Å². The number of nitrogens with zero attached hydrogens (tertiary/aromatic N) is 1. The van der Waals surface area contributed by atoms with Gasteiger partial charge in [-0.15, -0.1) is 11.3 Å². The van der Waals surface area contributed by atoms with Gasteiger partial charge in [0.15, 0.2) is 6.61 Å². The van der Waals surface area contributed by atoms with E-state index in [9.17, 15) is 0 Å². The first kappa shape index (κ1) is 14.6. The maximum Gasteiger partial charge on any atom is 0.174 e. The molecule has 0 bridgehead atoms. The molecule has 20 heavy (non-hydrogen) atoms. The van der Waals surface area contributed by atoms with Crippen LogP contribution >= 0.6 is 11.3 Å². The van der Waals surface area contributed by atoms with Crippen molar-refractivity contribution >= 4 is 11.3 Å². The van der Waals surface area contributed by atoms with Crippen molar-refractivity contribution in [2.45, 2.75) is 25.9 Å². The number of nitrogens with one attached hydrogen (secondary N) is 1. The molecule has 1 heterocycles. The van der Waals surface area contributed by atoms with Crippen LogP contribution in [0.3, 0.4) is 0 Å². The van der Waals surface area contributed by atoms with E-state index in [2.05, 4.69) is 36.7 Å². The molecule has 1 aromatic carbocycles. The van der Waals surface area contributed by atoms with Crippen LogP contribution in [0.25, 0.3) is 0 Å². The van der Waals surface area contributed by atoms with Gasteiger partial charge in [0.2, 0.25) is 0 Å². The lowest BCUT2D eigenvalue weighted by Gasteiger charge is -2.19. The molecule has 2 unspecified atom stereocenters. The maximum absolute atomic E-state index is 8.48. The zero-order valence-corrected chi connectivity index (χ0v) is 12.5. The zero-order chi connectivity index (χ0) is 14.4. The lowest BCUT2D eigenvalue weighted by atomic mass is 10.1. The van der Waals surface area contributed by atoms with Crippen molar-refractivity contribution in [3.05, 3.63) is 52.2 Å². The first-order valence-electron chi connectivity index (χ1n) is 6.60. The predicted molar refractivity (Wildman–Crippen MR) is 81.8 cm³/mol. The second-order valence-corrected chi connectivity index (χ2v) is 5.62. The van der Waals surface area contributed by atoms with Crippen molar-refractivity contribution in [2.24, 2.45) is 0 Å². The number of thiophene rings is 1. The van der Waals surface area contributed by atoms with Gasteiger partial charge in [0.1, 0.15) is 11.8 Å². The molecule has 1 N–H and O–H groups in total. The highest BCUT2D eigenvalue weighted by Gasteiger charge is 2.11. The first-order chi connectivity index (χ1) is 9.70. The third-order valence-electron chi connectivity index (χ3n) is 3.15. The van der Waals surface area contributed by atoms with Gasteiger partial charge < -0.3 is 10.1 Å². The Bertz CT molecular complexity index is 557. The average molecular weight is 286 g/mol. The highest BCUT2D eigenvalue weighted by molar-refractivity contribution is 7.10. The fraction of sp³-hybridized carbons (Fsp3) is 0.312. The summed E-state index contributed by atoms with van der Waals surface area (Å²) in [5, 5.41) is 14.2. The number of benzene rings is 1. The molecule has 0 radical (unpaired) electrons. The molecule has 1 aromatic heterocycles. The number of hydrogen-bond acceptors (Lipinski definition) is 4. The third-order valence-corrected chi connectivity index (χ3v) is 4.21. The standard InChI is InChI=1S/C16H18N2OS/c1-12(18-13(2)16-4-3-11-20-16)14-5-7-15(8-6-14)19-10-9-17/h3-8,11-13,18H,10H2,1-2H3. The maximum atomic E-state index is 8.48. The predicted octanol–water partition coefficient (Wildman–Crippen LogP) is 4.06. The number of hydrogen-bond donors (Lipinski definition) is 1. The summed E-state index contributed by atoms with van der Waals surface area (Å²) in [7, 11) is 0. The fourth-order valence-electron chi connectivity index (χ4n) is 2.06. The lowest BCUT2D eigenvalue weighted by molar-refractivity contribution is 0.368. The van der Waals surface area contributed by atoms with Crippen LogP contribution < -0.4 is 10.1 Å². The van der Waals surface area contributed by atoms with E-state index >= 15 is 0 Å². The quantitative estimate of drug-likeness (QED) is 0.871. The summed E-state index contributed by atoms with van der Waals surface area (Å²) in [5.41, 5.74) is 1.21. The van der Waals surface area contributed by atoms with Gasteiger partial charge in [-0.3, -0.25) is 0 Å². The Morgan fingerprint density at radius 2 is 1.95 bits per heavy atom. The highest BCUT2D eigenvalue weighted by Crippen LogP contribution is 2.23. The van der Waals surface area contributed by atoms with Gasteiger partial charge in [0, 0.05) is 17.0 Å². The highest BCUT2D eigenvalue weighted by atomic mass is 32.1. The zero-order valence-electron chi connectivity index (χ0n) is 11.7. The topological polar surface area (TPSA) is 45.0 Å². The van der Waals surface area contributed by atoms with Gasteiger partial charge in [0.05, 0.1) is 0 Å². The summed E-state index contributed by atoms with van der Waals surface area (Å²) >= 11 is 1.77. The van der Waals surface area contributed by atoms with Crippen molar-refractivity contribution in [3.63, 3.8) is 0 Å². The Morgan fingerprint density at radius 3 is 2.55 bits per heavy atom. The van der Waals surface area contributed by atoms with Crippen LogP contribution in [0, 0.1) is 11.3 Å². The van der Waals surface area contributed by atoms with E-state index in [1.165, 1.54) is 10.4 Å². The van der Waals surface area contributed by atoms with E-state index in [-0.39, 0.29) is 12.6 Å². The van der Waals surface area contributed by atoms with E-state index < -0.39 is 0 Å². The largest absolute Gasteiger partial charge is 0.479 e. The van der Waals surface area contributed by atoms with E-state index in [1.807, 2.05) is 30.3 Å². The van der Waals surface area contributed by atoms with E-state index in [4.69, 9.17) is 10.00 Å². The van der Waals surface area contributed by atoms with Crippen LogP contribution in [0.1, 0.15) is 36.4 Å². The minimum absolute atomic E-state index is 0.0859. The molecule has 2 rings (SSSR count). The molecule has 0 fully saturated rings. The Hall–Kier alpha value is -1.83. The molecule has 3 nitrogen and oxygen atoms in total. The van der Waals surface area contributed by atoms with Gasteiger partial charge in [0.25, 0.3) is 0 Å².